The minimum atomic E-state index is -0.184. The molecule has 0 unspecified atom stereocenters. The molecular weight excluding hydrogens is 326 g/mol. The number of rotatable bonds is 4. The normalized spacial score (nSPS) is 19.5. The first-order chi connectivity index (χ1) is 12.8. The maximum atomic E-state index is 12.4. The number of carbonyl (C=O) groups is 1. The van der Waals surface area contributed by atoms with Crippen LogP contribution in [0.15, 0.2) is 48.5 Å². The molecule has 5 nitrogen and oxygen atoms in total. The molecule has 2 aliphatic heterocycles. The Hall–Kier alpha value is -2.53. The minimum absolute atomic E-state index is 0.0160. The third-order valence-corrected chi connectivity index (χ3v) is 5.00. The number of nitrogens with zero attached hydrogens (tertiary/aromatic N) is 1. The number of likely N-dealkylation sites (tertiary alicyclic amines) is 1. The SMILES string of the molecule is O=C(Nc1cccc(CN2CCCC2)c1)N[C@H]1COc2ccccc2C1. The molecule has 0 radical (unpaired) electrons. The second-order valence-corrected chi connectivity index (χ2v) is 7.10. The summed E-state index contributed by atoms with van der Waals surface area (Å²) in [4.78, 5) is 14.8. The molecule has 0 aromatic heterocycles. The van der Waals surface area contributed by atoms with Gasteiger partial charge in [0.1, 0.15) is 12.4 Å². The summed E-state index contributed by atoms with van der Waals surface area (Å²) < 4.78 is 5.73. The average molecular weight is 351 g/mol. The molecule has 1 saturated heterocycles. The van der Waals surface area contributed by atoms with Crippen molar-refractivity contribution in [1.29, 1.82) is 0 Å². The molecule has 5 heteroatoms. The maximum absolute atomic E-state index is 12.4. The molecule has 1 fully saturated rings. The van der Waals surface area contributed by atoms with Gasteiger partial charge in [-0.1, -0.05) is 30.3 Å². The standard InChI is InChI=1S/C21H25N3O2/c25-21(23-19-13-17-7-1-2-9-20(17)26-15-19)22-18-8-5-6-16(12-18)14-24-10-3-4-11-24/h1-2,5-9,12,19H,3-4,10-11,13-15H2,(H2,22,23,25)/t19-/m1/s1. The molecule has 2 aliphatic rings. The molecule has 2 aromatic rings. The molecule has 0 saturated carbocycles. The summed E-state index contributed by atoms with van der Waals surface area (Å²) in [6.45, 7) is 3.78. The Bertz CT molecular complexity index is 771. The molecule has 0 bridgehead atoms. The van der Waals surface area contributed by atoms with Crippen molar-refractivity contribution in [1.82, 2.24) is 10.2 Å². The van der Waals surface area contributed by atoms with Crippen LogP contribution in [-0.2, 0) is 13.0 Å². The minimum Gasteiger partial charge on any atom is -0.491 e. The monoisotopic (exact) mass is 351 g/mol. The van der Waals surface area contributed by atoms with Crippen LogP contribution in [-0.4, -0.2) is 36.7 Å². The summed E-state index contributed by atoms with van der Waals surface area (Å²) in [5.74, 6) is 0.917. The molecule has 2 aromatic carbocycles. The molecule has 2 amide bonds. The third-order valence-electron chi connectivity index (χ3n) is 5.00. The van der Waals surface area contributed by atoms with Crippen LogP contribution >= 0.6 is 0 Å². The lowest BCUT2D eigenvalue weighted by atomic mass is 10.0. The van der Waals surface area contributed by atoms with Crippen LogP contribution in [0.5, 0.6) is 5.75 Å². The van der Waals surface area contributed by atoms with E-state index in [0.717, 1.165) is 30.0 Å². The fourth-order valence-corrected chi connectivity index (χ4v) is 3.72. The van der Waals surface area contributed by atoms with E-state index in [9.17, 15) is 4.79 Å². The largest absolute Gasteiger partial charge is 0.491 e. The highest BCUT2D eigenvalue weighted by atomic mass is 16.5. The topological polar surface area (TPSA) is 53.6 Å². The van der Waals surface area contributed by atoms with E-state index in [0.29, 0.717) is 6.61 Å². The summed E-state index contributed by atoms with van der Waals surface area (Å²) in [7, 11) is 0. The van der Waals surface area contributed by atoms with E-state index in [1.807, 2.05) is 36.4 Å². The number of fused-ring (bicyclic) bond motifs is 1. The number of anilines is 1. The highest BCUT2D eigenvalue weighted by Crippen LogP contribution is 2.24. The van der Waals surface area contributed by atoms with Gasteiger partial charge in [0.05, 0.1) is 6.04 Å². The quantitative estimate of drug-likeness (QED) is 0.888. The van der Waals surface area contributed by atoms with E-state index in [2.05, 4.69) is 27.7 Å². The number of carbonyl (C=O) groups excluding carboxylic acids is 1. The summed E-state index contributed by atoms with van der Waals surface area (Å²) in [6, 6.07) is 15.9. The van der Waals surface area contributed by atoms with Gasteiger partial charge in [0.2, 0.25) is 0 Å². The number of ether oxygens (including phenoxy) is 1. The number of hydrogen-bond acceptors (Lipinski definition) is 3. The molecule has 0 spiro atoms. The van der Waals surface area contributed by atoms with Gasteiger partial charge in [0, 0.05) is 12.2 Å². The lowest BCUT2D eigenvalue weighted by Crippen LogP contribution is -2.44. The first-order valence-corrected chi connectivity index (χ1v) is 9.36. The van der Waals surface area contributed by atoms with Gasteiger partial charge in [0.25, 0.3) is 0 Å². The predicted molar refractivity (Wildman–Crippen MR) is 103 cm³/mol. The van der Waals surface area contributed by atoms with E-state index < -0.39 is 0 Å². The van der Waals surface area contributed by atoms with Crippen molar-refractivity contribution >= 4 is 11.7 Å². The van der Waals surface area contributed by atoms with Crippen LogP contribution in [0.1, 0.15) is 24.0 Å². The molecule has 4 rings (SSSR count). The maximum Gasteiger partial charge on any atom is 0.319 e. The van der Waals surface area contributed by atoms with Gasteiger partial charge in [0.15, 0.2) is 0 Å². The smallest absolute Gasteiger partial charge is 0.319 e. The van der Waals surface area contributed by atoms with Gasteiger partial charge < -0.3 is 15.4 Å². The Morgan fingerprint density at radius 3 is 2.85 bits per heavy atom. The van der Waals surface area contributed by atoms with Crippen molar-refractivity contribution < 1.29 is 9.53 Å². The fraction of sp³-hybridized carbons (Fsp3) is 0.381. The highest BCUT2D eigenvalue weighted by molar-refractivity contribution is 5.89. The lowest BCUT2D eigenvalue weighted by molar-refractivity contribution is 0.222. The number of para-hydroxylation sites is 1. The van der Waals surface area contributed by atoms with E-state index >= 15 is 0 Å². The Morgan fingerprint density at radius 2 is 1.96 bits per heavy atom. The Balaban J connectivity index is 1.32. The molecule has 2 N–H and O–H groups in total. The van der Waals surface area contributed by atoms with E-state index in [-0.39, 0.29) is 12.1 Å². The van der Waals surface area contributed by atoms with Crippen LogP contribution in [0.3, 0.4) is 0 Å². The zero-order chi connectivity index (χ0) is 17.8. The van der Waals surface area contributed by atoms with E-state index in [1.54, 1.807) is 0 Å². The van der Waals surface area contributed by atoms with Crippen LogP contribution < -0.4 is 15.4 Å². The van der Waals surface area contributed by atoms with Gasteiger partial charge in [-0.2, -0.15) is 0 Å². The first-order valence-electron chi connectivity index (χ1n) is 9.36. The van der Waals surface area contributed by atoms with Crippen molar-refractivity contribution in [2.75, 3.05) is 25.0 Å². The van der Waals surface area contributed by atoms with Gasteiger partial charge in [-0.05, 0) is 61.7 Å². The molecule has 1 atom stereocenters. The van der Waals surface area contributed by atoms with Crippen LogP contribution in [0.2, 0.25) is 0 Å². The van der Waals surface area contributed by atoms with Gasteiger partial charge in [-0.25, -0.2) is 4.79 Å². The number of amides is 2. The second kappa shape index (κ2) is 7.79. The first kappa shape index (κ1) is 16.9. The van der Waals surface area contributed by atoms with Crippen molar-refractivity contribution in [2.45, 2.75) is 31.8 Å². The Labute approximate surface area is 154 Å². The number of urea groups is 1. The molecule has 136 valence electrons. The summed E-state index contributed by atoms with van der Waals surface area (Å²) >= 11 is 0. The van der Waals surface area contributed by atoms with Crippen LogP contribution in [0.25, 0.3) is 0 Å². The second-order valence-electron chi connectivity index (χ2n) is 7.10. The van der Waals surface area contributed by atoms with E-state index in [1.165, 1.54) is 31.5 Å². The average Bonchev–Trinajstić information content (AvgIpc) is 3.15. The molecule has 26 heavy (non-hydrogen) atoms. The van der Waals surface area contributed by atoms with Gasteiger partial charge >= 0.3 is 6.03 Å². The lowest BCUT2D eigenvalue weighted by Gasteiger charge is -2.26. The fourth-order valence-electron chi connectivity index (χ4n) is 3.72. The van der Waals surface area contributed by atoms with Crippen molar-refractivity contribution in [3.05, 3.63) is 59.7 Å². The van der Waals surface area contributed by atoms with Crippen LogP contribution in [0.4, 0.5) is 10.5 Å². The molecular formula is C21H25N3O2. The molecule has 0 aliphatic carbocycles. The number of nitrogens with one attached hydrogen (secondary N) is 2. The Kier molecular flexibility index (Phi) is 5.07. The predicted octanol–water partition coefficient (Wildman–Crippen LogP) is 3.41. The third kappa shape index (κ3) is 4.17. The molecule has 2 heterocycles. The summed E-state index contributed by atoms with van der Waals surface area (Å²) in [6.07, 6.45) is 3.36. The zero-order valence-corrected chi connectivity index (χ0v) is 14.9. The number of benzene rings is 2. The summed E-state index contributed by atoms with van der Waals surface area (Å²) in [5, 5.41) is 5.97. The summed E-state index contributed by atoms with van der Waals surface area (Å²) in [5.41, 5.74) is 3.20. The van der Waals surface area contributed by atoms with Gasteiger partial charge in [-0.3, -0.25) is 4.90 Å². The van der Waals surface area contributed by atoms with Crippen molar-refractivity contribution in [2.24, 2.45) is 0 Å². The van der Waals surface area contributed by atoms with Crippen LogP contribution in [0, 0.1) is 0 Å². The highest BCUT2D eigenvalue weighted by Gasteiger charge is 2.21. The van der Waals surface area contributed by atoms with Crippen molar-refractivity contribution in [3.8, 4) is 5.75 Å². The van der Waals surface area contributed by atoms with E-state index in [4.69, 9.17) is 4.74 Å². The van der Waals surface area contributed by atoms with Gasteiger partial charge in [-0.15, -0.1) is 0 Å². The van der Waals surface area contributed by atoms with Crippen molar-refractivity contribution in [3.63, 3.8) is 0 Å². The zero-order valence-electron chi connectivity index (χ0n) is 14.9. The Morgan fingerprint density at radius 1 is 1.12 bits per heavy atom. The number of hydrogen-bond donors (Lipinski definition) is 2.